The van der Waals surface area contributed by atoms with Crippen molar-refractivity contribution in [2.75, 3.05) is 6.54 Å². The number of nitrogens with zero attached hydrogens (tertiary/aromatic N) is 2. The molecule has 0 aliphatic carbocycles. The van der Waals surface area contributed by atoms with Crippen LogP contribution in [0.1, 0.15) is 31.0 Å². The van der Waals surface area contributed by atoms with Gasteiger partial charge in [-0.05, 0) is 19.4 Å². The molecule has 1 N–H and O–H groups in total. The molecule has 0 saturated carbocycles. The van der Waals surface area contributed by atoms with E-state index in [2.05, 4.69) is 21.9 Å². The highest BCUT2D eigenvalue weighted by molar-refractivity contribution is 5.05. The summed E-state index contributed by atoms with van der Waals surface area (Å²) >= 11 is 0. The number of rotatable bonds is 1. The van der Waals surface area contributed by atoms with Crippen LogP contribution in [-0.4, -0.2) is 16.1 Å². The van der Waals surface area contributed by atoms with E-state index in [0.29, 0.717) is 6.04 Å². The van der Waals surface area contributed by atoms with E-state index in [9.17, 15) is 0 Å². The Hall–Kier alpha value is -0.830. The SMILES string of the molecule is Cn1cncc1[C@@H]1CCCCN1. The van der Waals surface area contributed by atoms with Gasteiger partial charge in [0.1, 0.15) is 0 Å². The van der Waals surface area contributed by atoms with Gasteiger partial charge in [0.25, 0.3) is 0 Å². The van der Waals surface area contributed by atoms with Gasteiger partial charge in [0, 0.05) is 19.3 Å². The van der Waals surface area contributed by atoms with Gasteiger partial charge in [-0.3, -0.25) is 0 Å². The Morgan fingerprint density at radius 2 is 2.50 bits per heavy atom. The van der Waals surface area contributed by atoms with Crippen LogP contribution < -0.4 is 5.32 Å². The summed E-state index contributed by atoms with van der Waals surface area (Å²) in [4.78, 5) is 4.12. The minimum Gasteiger partial charge on any atom is -0.336 e. The molecule has 3 nitrogen and oxygen atoms in total. The summed E-state index contributed by atoms with van der Waals surface area (Å²) in [6.45, 7) is 1.15. The average molecular weight is 165 g/mol. The third-order valence-electron chi connectivity index (χ3n) is 2.52. The number of hydrogen-bond donors (Lipinski definition) is 1. The summed E-state index contributed by atoms with van der Waals surface area (Å²) in [6, 6.07) is 0.534. The van der Waals surface area contributed by atoms with Crippen molar-refractivity contribution in [3.05, 3.63) is 18.2 Å². The maximum atomic E-state index is 4.12. The van der Waals surface area contributed by atoms with Gasteiger partial charge in [0.2, 0.25) is 0 Å². The van der Waals surface area contributed by atoms with Crippen molar-refractivity contribution in [1.29, 1.82) is 0 Å². The summed E-state index contributed by atoms with van der Waals surface area (Å²) < 4.78 is 2.10. The van der Waals surface area contributed by atoms with Crippen molar-refractivity contribution < 1.29 is 0 Å². The lowest BCUT2D eigenvalue weighted by atomic mass is 10.0. The topological polar surface area (TPSA) is 29.9 Å². The lowest BCUT2D eigenvalue weighted by Gasteiger charge is -2.23. The summed E-state index contributed by atoms with van der Waals surface area (Å²) in [5.74, 6) is 0. The van der Waals surface area contributed by atoms with E-state index in [0.717, 1.165) is 6.54 Å². The predicted octanol–water partition coefficient (Wildman–Crippen LogP) is 1.23. The minimum absolute atomic E-state index is 0.534. The van der Waals surface area contributed by atoms with Crippen LogP contribution in [0, 0.1) is 0 Å². The normalized spacial score (nSPS) is 24.2. The molecule has 1 fully saturated rings. The van der Waals surface area contributed by atoms with Crippen molar-refractivity contribution in [3.8, 4) is 0 Å². The highest BCUT2D eigenvalue weighted by Crippen LogP contribution is 2.21. The fourth-order valence-electron chi connectivity index (χ4n) is 1.81. The summed E-state index contributed by atoms with van der Waals surface area (Å²) in [7, 11) is 2.05. The Morgan fingerprint density at radius 3 is 3.08 bits per heavy atom. The van der Waals surface area contributed by atoms with Crippen LogP contribution in [0.4, 0.5) is 0 Å². The van der Waals surface area contributed by atoms with Crippen LogP contribution >= 0.6 is 0 Å². The predicted molar refractivity (Wildman–Crippen MR) is 47.8 cm³/mol. The molecule has 2 rings (SSSR count). The highest BCUT2D eigenvalue weighted by atomic mass is 15.1. The van der Waals surface area contributed by atoms with Crippen LogP contribution in [0.5, 0.6) is 0 Å². The molecule has 1 saturated heterocycles. The molecule has 0 aromatic carbocycles. The number of aryl methyl sites for hydroxylation is 1. The second-order valence-electron chi connectivity index (χ2n) is 3.43. The van der Waals surface area contributed by atoms with Gasteiger partial charge in [-0.2, -0.15) is 0 Å². The molecule has 1 aliphatic rings. The first-order chi connectivity index (χ1) is 5.88. The molecular formula is C9H15N3. The molecule has 1 aromatic heterocycles. The first-order valence-electron chi connectivity index (χ1n) is 4.57. The van der Waals surface area contributed by atoms with Crippen molar-refractivity contribution in [2.45, 2.75) is 25.3 Å². The zero-order valence-electron chi connectivity index (χ0n) is 7.45. The smallest absolute Gasteiger partial charge is 0.0946 e. The molecule has 12 heavy (non-hydrogen) atoms. The van der Waals surface area contributed by atoms with Crippen molar-refractivity contribution in [1.82, 2.24) is 14.9 Å². The molecule has 2 heterocycles. The van der Waals surface area contributed by atoms with Gasteiger partial charge in [-0.15, -0.1) is 0 Å². The van der Waals surface area contributed by atoms with E-state index in [1.165, 1.54) is 25.0 Å². The third-order valence-corrected chi connectivity index (χ3v) is 2.52. The van der Waals surface area contributed by atoms with Gasteiger partial charge >= 0.3 is 0 Å². The van der Waals surface area contributed by atoms with Crippen molar-refractivity contribution in [3.63, 3.8) is 0 Å². The summed E-state index contributed by atoms with van der Waals surface area (Å²) in [6.07, 6.45) is 7.73. The van der Waals surface area contributed by atoms with E-state index >= 15 is 0 Å². The Labute approximate surface area is 72.8 Å². The highest BCUT2D eigenvalue weighted by Gasteiger charge is 2.16. The molecular weight excluding hydrogens is 150 g/mol. The fraction of sp³-hybridized carbons (Fsp3) is 0.667. The standard InChI is InChI=1S/C9H15N3/c1-12-7-10-6-9(12)8-4-2-3-5-11-8/h6-8,11H,2-5H2,1H3/t8-/m0/s1. The Kier molecular flexibility index (Phi) is 2.13. The monoisotopic (exact) mass is 165 g/mol. The third kappa shape index (κ3) is 1.37. The van der Waals surface area contributed by atoms with Crippen LogP contribution in [-0.2, 0) is 7.05 Å². The first-order valence-corrected chi connectivity index (χ1v) is 4.57. The molecule has 0 radical (unpaired) electrons. The molecule has 3 heteroatoms. The molecule has 0 unspecified atom stereocenters. The first kappa shape index (κ1) is 7.80. The van der Waals surface area contributed by atoms with E-state index in [1.54, 1.807) is 0 Å². The molecule has 1 aliphatic heterocycles. The zero-order valence-corrected chi connectivity index (χ0v) is 7.45. The van der Waals surface area contributed by atoms with Gasteiger partial charge in [-0.1, -0.05) is 6.42 Å². The molecule has 66 valence electrons. The zero-order chi connectivity index (χ0) is 8.39. The van der Waals surface area contributed by atoms with E-state index in [-0.39, 0.29) is 0 Å². The number of hydrogen-bond acceptors (Lipinski definition) is 2. The largest absolute Gasteiger partial charge is 0.336 e. The van der Waals surface area contributed by atoms with Crippen molar-refractivity contribution >= 4 is 0 Å². The second-order valence-corrected chi connectivity index (χ2v) is 3.43. The maximum Gasteiger partial charge on any atom is 0.0946 e. The van der Waals surface area contributed by atoms with E-state index < -0.39 is 0 Å². The number of imidazole rings is 1. The molecule has 0 bridgehead atoms. The van der Waals surface area contributed by atoms with Crippen molar-refractivity contribution in [2.24, 2.45) is 7.05 Å². The van der Waals surface area contributed by atoms with Crippen LogP contribution in [0.2, 0.25) is 0 Å². The Morgan fingerprint density at radius 1 is 1.58 bits per heavy atom. The number of piperidine rings is 1. The molecule has 1 aromatic rings. The van der Waals surface area contributed by atoms with E-state index in [4.69, 9.17) is 0 Å². The minimum atomic E-state index is 0.534. The molecule has 1 atom stereocenters. The lowest BCUT2D eigenvalue weighted by molar-refractivity contribution is 0.398. The lowest BCUT2D eigenvalue weighted by Crippen LogP contribution is -2.28. The maximum absolute atomic E-state index is 4.12. The van der Waals surface area contributed by atoms with Gasteiger partial charge in [-0.25, -0.2) is 4.98 Å². The Bertz CT molecular complexity index is 248. The molecule has 0 spiro atoms. The van der Waals surface area contributed by atoms with Gasteiger partial charge in [0.15, 0.2) is 0 Å². The van der Waals surface area contributed by atoms with Crippen LogP contribution in [0.25, 0.3) is 0 Å². The second kappa shape index (κ2) is 3.27. The quantitative estimate of drug-likeness (QED) is 0.678. The van der Waals surface area contributed by atoms with Crippen LogP contribution in [0.15, 0.2) is 12.5 Å². The Balaban J connectivity index is 2.13. The summed E-state index contributed by atoms with van der Waals surface area (Å²) in [5, 5.41) is 3.50. The van der Waals surface area contributed by atoms with Crippen LogP contribution in [0.3, 0.4) is 0 Å². The van der Waals surface area contributed by atoms with Gasteiger partial charge < -0.3 is 9.88 Å². The number of nitrogens with one attached hydrogen (secondary N) is 1. The average Bonchev–Trinajstić information content (AvgIpc) is 2.53. The fourth-order valence-corrected chi connectivity index (χ4v) is 1.81. The van der Waals surface area contributed by atoms with Gasteiger partial charge in [0.05, 0.1) is 12.0 Å². The summed E-state index contributed by atoms with van der Waals surface area (Å²) in [5.41, 5.74) is 1.31. The molecule has 0 amide bonds. The van der Waals surface area contributed by atoms with E-state index in [1.807, 2.05) is 12.5 Å². The number of aromatic nitrogens is 2.